The number of aryl methyl sites for hydroxylation is 1. The zero-order chi connectivity index (χ0) is 16.5. The van der Waals surface area contributed by atoms with Gasteiger partial charge in [0.25, 0.3) is 0 Å². The fourth-order valence-corrected chi connectivity index (χ4v) is 2.36. The molecule has 0 aliphatic heterocycles. The van der Waals surface area contributed by atoms with E-state index in [1.54, 1.807) is 4.90 Å². The zero-order valence-electron chi connectivity index (χ0n) is 14.1. The number of anilines is 1. The number of para-hydroxylation sites is 1. The Labute approximate surface area is 133 Å². The first kappa shape index (κ1) is 18.2. The summed E-state index contributed by atoms with van der Waals surface area (Å²) in [5.74, 6) is -0.0287. The van der Waals surface area contributed by atoms with Gasteiger partial charge in [0.1, 0.15) is 0 Å². The monoisotopic (exact) mass is 305 g/mol. The van der Waals surface area contributed by atoms with Crippen LogP contribution in [0.15, 0.2) is 24.3 Å². The van der Waals surface area contributed by atoms with Gasteiger partial charge >= 0.3 is 0 Å². The van der Waals surface area contributed by atoms with E-state index in [2.05, 4.69) is 5.32 Å². The molecule has 122 valence electrons. The summed E-state index contributed by atoms with van der Waals surface area (Å²) in [6.45, 7) is 10.2. The summed E-state index contributed by atoms with van der Waals surface area (Å²) in [6.07, 6.45) is 0. The van der Waals surface area contributed by atoms with Gasteiger partial charge in [-0.2, -0.15) is 0 Å². The van der Waals surface area contributed by atoms with Crippen LogP contribution >= 0.6 is 0 Å². The van der Waals surface area contributed by atoms with Crippen molar-refractivity contribution in [1.29, 1.82) is 0 Å². The van der Waals surface area contributed by atoms with Crippen molar-refractivity contribution in [3.63, 3.8) is 0 Å². The second-order valence-electron chi connectivity index (χ2n) is 5.18. The van der Waals surface area contributed by atoms with E-state index in [-0.39, 0.29) is 24.9 Å². The number of amides is 2. The van der Waals surface area contributed by atoms with Crippen molar-refractivity contribution in [3.8, 4) is 0 Å². The van der Waals surface area contributed by atoms with Crippen LogP contribution in [-0.4, -0.2) is 49.4 Å². The van der Waals surface area contributed by atoms with Crippen LogP contribution in [0, 0.1) is 6.92 Å². The van der Waals surface area contributed by atoms with Gasteiger partial charge in [-0.1, -0.05) is 25.1 Å². The van der Waals surface area contributed by atoms with Crippen molar-refractivity contribution in [1.82, 2.24) is 10.2 Å². The number of carbonyl (C=O) groups excluding carboxylic acids is 2. The number of carbonyl (C=O) groups is 2. The molecule has 0 aliphatic carbocycles. The van der Waals surface area contributed by atoms with Crippen molar-refractivity contribution in [2.24, 2.45) is 0 Å². The summed E-state index contributed by atoms with van der Waals surface area (Å²) in [4.78, 5) is 27.9. The van der Waals surface area contributed by atoms with E-state index < -0.39 is 0 Å². The molecule has 5 nitrogen and oxygen atoms in total. The van der Waals surface area contributed by atoms with Gasteiger partial charge in [-0.15, -0.1) is 0 Å². The second-order valence-corrected chi connectivity index (χ2v) is 5.18. The van der Waals surface area contributed by atoms with Crippen LogP contribution in [0.25, 0.3) is 0 Å². The lowest BCUT2D eigenvalue weighted by molar-refractivity contribution is -0.123. The van der Waals surface area contributed by atoms with Crippen molar-refractivity contribution in [2.75, 3.05) is 37.6 Å². The van der Waals surface area contributed by atoms with Crippen molar-refractivity contribution >= 4 is 17.5 Å². The molecule has 1 N–H and O–H groups in total. The molecule has 0 atom stereocenters. The maximum absolute atomic E-state index is 12.6. The Morgan fingerprint density at radius 1 is 1.05 bits per heavy atom. The summed E-state index contributed by atoms with van der Waals surface area (Å²) in [5, 5.41) is 2.76. The predicted molar refractivity (Wildman–Crippen MR) is 90.0 cm³/mol. The average molecular weight is 305 g/mol. The Hall–Kier alpha value is -1.88. The van der Waals surface area contributed by atoms with Crippen LogP contribution in [0.5, 0.6) is 0 Å². The molecule has 2 amide bonds. The lowest BCUT2D eigenvalue weighted by Crippen LogP contribution is -2.44. The molecule has 0 saturated heterocycles. The molecular formula is C17H27N3O2. The molecule has 5 heteroatoms. The molecule has 0 aromatic heterocycles. The zero-order valence-corrected chi connectivity index (χ0v) is 14.1. The first-order valence-corrected chi connectivity index (χ1v) is 7.88. The summed E-state index contributed by atoms with van der Waals surface area (Å²) >= 11 is 0. The topological polar surface area (TPSA) is 52.7 Å². The maximum Gasteiger partial charge on any atom is 0.241 e. The van der Waals surface area contributed by atoms with Gasteiger partial charge in [-0.25, -0.2) is 0 Å². The standard InChI is InChI=1S/C17H27N3O2/c1-5-18-16(21)12-19(6-2)13-17(22)20(7-3)15-11-9-8-10-14(15)4/h8-11H,5-7,12-13H2,1-4H3,(H,18,21). The van der Waals surface area contributed by atoms with E-state index in [1.807, 2.05) is 56.9 Å². The Morgan fingerprint density at radius 2 is 1.73 bits per heavy atom. The number of rotatable bonds is 8. The first-order valence-electron chi connectivity index (χ1n) is 7.88. The van der Waals surface area contributed by atoms with Crippen LogP contribution in [0.4, 0.5) is 5.69 Å². The van der Waals surface area contributed by atoms with Gasteiger partial charge in [-0.05, 0) is 38.9 Å². The quantitative estimate of drug-likeness (QED) is 0.797. The third-order valence-electron chi connectivity index (χ3n) is 3.57. The summed E-state index contributed by atoms with van der Waals surface area (Å²) in [6, 6.07) is 7.85. The van der Waals surface area contributed by atoms with Gasteiger partial charge in [0.2, 0.25) is 11.8 Å². The molecule has 0 aliphatic rings. The second kappa shape index (κ2) is 9.20. The van der Waals surface area contributed by atoms with Crippen LogP contribution in [0.3, 0.4) is 0 Å². The van der Waals surface area contributed by atoms with Crippen molar-refractivity contribution in [2.45, 2.75) is 27.7 Å². The highest BCUT2D eigenvalue weighted by atomic mass is 16.2. The van der Waals surface area contributed by atoms with Gasteiger partial charge in [-0.3, -0.25) is 14.5 Å². The fraction of sp³-hybridized carbons (Fsp3) is 0.529. The van der Waals surface area contributed by atoms with Crippen molar-refractivity contribution in [3.05, 3.63) is 29.8 Å². The summed E-state index contributed by atoms with van der Waals surface area (Å²) in [7, 11) is 0. The van der Waals surface area contributed by atoms with Gasteiger partial charge in [0.05, 0.1) is 13.1 Å². The molecule has 0 radical (unpaired) electrons. The van der Waals surface area contributed by atoms with Crippen LogP contribution in [0.1, 0.15) is 26.3 Å². The van der Waals surface area contributed by atoms with E-state index in [0.717, 1.165) is 11.3 Å². The average Bonchev–Trinajstić information content (AvgIpc) is 2.49. The molecule has 0 unspecified atom stereocenters. The summed E-state index contributed by atoms with van der Waals surface area (Å²) in [5.41, 5.74) is 2.01. The van der Waals surface area contributed by atoms with Crippen LogP contribution in [-0.2, 0) is 9.59 Å². The smallest absolute Gasteiger partial charge is 0.241 e. The minimum atomic E-state index is -0.0453. The van der Waals surface area contributed by atoms with Crippen LogP contribution in [0.2, 0.25) is 0 Å². The molecule has 1 aromatic carbocycles. The SMILES string of the molecule is CCNC(=O)CN(CC)CC(=O)N(CC)c1ccccc1C. The number of benzene rings is 1. The molecule has 1 rings (SSSR count). The largest absolute Gasteiger partial charge is 0.355 e. The number of nitrogens with one attached hydrogen (secondary N) is 1. The van der Waals surface area contributed by atoms with Crippen LogP contribution < -0.4 is 10.2 Å². The lowest BCUT2D eigenvalue weighted by atomic mass is 10.2. The van der Waals surface area contributed by atoms with Gasteiger partial charge in [0, 0.05) is 18.8 Å². The van der Waals surface area contributed by atoms with Gasteiger partial charge < -0.3 is 10.2 Å². The molecule has 22 heavy (non-hydrogen) atoms. The Kier molecular flexibility index (Phi) is 7.60. The molecule has 0 fully saturated rings. The third kappa shape index (κ3) is 5.15. The molecule has 0 bridgehead atoms. The highest BCUT2D eigenvalue weighted by Gasteiger charge is 2.19. The minimum Gasteiger partial charge on any atom is -0.355 e. The van der Waals surface area contributed by atoms with E-state index in [1.165, 1.54) is 0 Å². The number of hydrogen-bond donors (Lipinski definition) is 1. The molecule has 0 saturated carbocycles. The third-order valence-corrected chi connectivity index (χ3v) is 3.57. The van der Waals surface area contributed by atoms with Crippen molar-refractivity contribution < 1.29 is 9.59 Å². The fourth-order valence-electron chi connectivity index (χ4n) is 2.36. The lowest BCUT2D eigenvalue weighted by Gasteiger charge is -2.26. The van der Waals surface area contributed by atoms with E-state index in [4.69, 9.17) is 0 Å². The van der Waals surface area contributed by atoms with Gasteiger partial charge in [0.15, 0.2) is 0 Å². The minimum absolute atomic E-state index is 0.0166. The maximum atomic E-state index is 12.6. The Balaban J connectivity index is 2.75. The number of likely N-dealkylation sites (N-methyl/N-ethyl adjacent to an activating group) is 3. The Morgan fingerprint density at radius 3 is 2.27 bits per heavy atom. The Bertz CT molecular complexity index is 502. The molecule has 1 aromatic rings. The van der Waals surface area contributed by atoms with E-state index >= 15 is 0 Å². The number of nitrogens with zero attached hydrogens (tertiary/aromatic N) is 2. The highest BCUT2D eigenvalue weighted by molar-refractivity contribution is 5.95. The first-order chi connectivity index (χ1) is 10.5. The molecule has 0 heterocycles. The summed E-state index contributed by atoms with van der Waals surface area (Å²) < 4.78 is 0. The van der Waals surface area contributed by atoms with E-state index in [0.29, 0.717) is 19.6 Å². The normalized spacial score (nSPS) is 10.6. The number of hydrogen-bond acceptors (Lipinski definition) is 3. The highest BCUT2D eigenvalue weighted by Crippen LogP contribution is 2.19. The predicted octanol–water partition coefficient (Wildman–Crippen LogP) is 1.81. The molecular weight excluding hydrogens is 278 g/mol. The molecule has 0 spiro atoms. The van der Waals surface area contributed by atoms with E-state index in [9.17, 15) is 9.59 Å².